The van der Waals surface area contributed by atoms with E-state index in [9.17, 15) is 23.2 Å². The molecule has 2 unspecified atom stereocenters. The third-order valence-corrected chi connectivity index (χ3v) is 8.92. The van der Waals surface area contributed by atoms with Gasteiger partial charge in [-0.1, -0.05) is 0 Å². The summed E-state index contributed by atoms with van der Waals surface area (Å²) < 4.78 is 50.1. The van der Waals surface area contributed by atoms with E-state index in [-0.39, 0.29) is 35.6 Å². The summed E-state index contributed by atoms with van der Waals surface area (Å²) in [5.41, 5.74) is 0.428. The van der Waals surface area contributed by atoms with E-state index in [4.69, 9.17) is 4.74 Å². The van der Waals surface area contributed by atoms with E-state index in [1.165, 1.54) is 0 Å². The van der Waals surface area contributed by atoms with Crippen molar-refractivity contribution in [2.45, 2.75) is 77.2 Å². The first-order valence-corrected chi connectivity index (χ1v) is 14.9. The number of piperidine rings is 1. The Morgan fingerprint density at radius 1 is 1.09 bits per heavy atom. The van der Waals surface area contributed by atoms with Gasteiger partial charge in [-0.2, -0.15) is 23.5 Å². The molecule has 10 nitrogen and oxygen atoms in total. The average molecular weight is 603 g/mol. The predicted molar refractivity (Wildman–Crippen MR) is 156 cm³/mol. The van der Waals surface area contributed by atoms with Gasteiger partial charge in [0, 0.05) is 82.6 Å². The molecule has 3 fully saturated rings. The SMILES string of the molecule is Cc1cnn(C)c1C1CCN(c2cc(N3CC(N4CCN(C(=O)OC(C)(C)C)CC4)C3C)c(C#N)c(C(F)(F)F)n2)CC1. The molecule has 2 atom stereocenters. The van der Waals surface area contributed by atoms with E-state index < -0.39 is 23.0 Å². The topological polar surface area (TPSA) is 93.8 Å². The highest BCUT2D eigenvalue weighted by molar-refractivity contribution is 5.69. The zero-order valence-corrected chi connectivity index (χ0v) is 25.8. The molecule has 2 aromatic heterocycles. The number of alkyl halides is 3. The number of rotatable bonds is 4. The monoisotopic (exact) mass is 602 g/mol. The Bertz CT molecular complexity index is 1360. The number of piperazine rings is 1. The van der Waals surface area contributed by atoms with E-state index in [0.717, 1.165) is 24.1 Å². The van der Waals surface area contributed by atoms with Crippen LogP contribution >= 0.6 is 0 Å². The highest BCUT2D eigenvalue weighted by Crippen LogP contribution is 2.41. The van der Waals surface area contributed by atoms with Gasteiger partial charge in [0.15, 0.2) is 5.69 Å². The number of anilines is 2. The molecule has 0 aromatic carbocycles. The fourth-order valence-corrected chi connectivity index (χ4v) is 6.64. The summed E-state index contributed by atoms with van der Waals surface area (Å²) in [6.07, 6.45) is -1.70. The molecule has 3 aliphatic rings. The second-order valence-corrected chi connectivity index (χ2v) is 12.9. The second kappa shape index (κ2) is 11.5. The third kappa shape index (κ3) is 6.25. The van der Waals surface area contributed by atoms with Crippen LogP contribution in [0.3, 0.4) is 0 Å². The van der Waals surface area contributed by atoms with Gasteiger partial charge in [-0.25, -0.2) is 9.78 Å². The van der Waals surface area contributed by atoms with Gasteiger partial charge < -0.3 is 19.4 Å². The van der Waals surface area contributed by atoms with Crippen LogP contribution in [0.25, 0.3) is 0 Å². The Balaban J connectivity index is 1.31. The van der Waals surface area contributed by atoms with Crippen molar-refractivity contribution in [2.75, 3.05) is 55.6 Å². The maximum atomic E-state index is 14.2. The quantitative estimate of drug-likeness (QED) is 0.504. The summed E-state index contributed by atoms with van der Waals surface area (Å²) in [5.74, 6) is 0.527. The number of hydrogen-bond acceptors (Lipinski definition) is 8. The van der Waals surface area contributed by atoms with Crippen molar-refractivity contribution < 1.29 is 22.7 Å². The van der Waals surface area contributed by atoms with E-state index >= 15 is 0 Å². The predicted octanol–water partition coefficient (Wildman–Crippen LogP) is 4.53. The van der Waals surface area contributed by atoms with Gasteiger partial charge in [-0.05, 0) is 53.0 Å². The number of hydrogen-bond donors (Lipinski definition) is 0. The number of amides is 1. The first kappa shape index (κ1) is 30.9. The number of carbonyl (C=O) groups excluding carboxylic acids is 1. The Morgan fingerprint density at radius 3 is 2.26 bits per heavy atom. The minimum absolute atomic E-state index is 0.0937. The molecule has 234 valence electrons. The second-order valence-electron chi connectivity index (χ2n) is 12.9. The van der Waals surface area contributed by atoms with Gasteiger partial charge in [0.25, 0.3) is 0 Å². The molecule has 0 N–H and O–H groups in total. The molecule has 13 heteroatoms. The molecule has 0 saturated carbocycles. The molecule has 0 radical (unpaired) electrons. The standard InChI is InChI=1S/C30H41F3N8O2/c1-19-17-35-37(6)26(19)21-7-9-39(10-8-21)25-15-23(22(16-34)27(36-25)30(31,32)33)41-18-24(20(41)2)38-11-13-40(14-12-38)28(42)43-29(3,4)5/h15,17,20-21,24H,7-14,18H2,1-6H3. The lowest BCUT2D eigenvalue weighted by atomic mass is 9.91. The molecular formula is C30H41F3N8O2. The summed E-state index contributed by atoms with van der Waals surface area (Å²) in [6.45, 7) is 13.5. The molecular weight excluding hydrogens is 561 g/mol. The molecule has 5 rings (SSSR count). The molecule has 0 bridgehead atoms. The van der Waals surface area contributed by atoms with Crippen molar-refractivity contribution in [3.05, 3.63) is 34.8 Å². The number of aryl methyl sites for hydroxylation is 2. The lowest BCUT2D eigenvalue weighted by Gasteiger charge is -2.54. The highest BCUT2D eigenvalue weighted by Gasteiger charge is 2.45. The fraction of sp³-hybridized carbons (Fsp3) is 0.667. The minimum Gasteiger partial charge on any atom is -0.444 e. The van der Waals surface area contributed by atoms with Crippen LogP contribution < -0.4 is 9.80 Å². The normalized spacial score (nSPS) is 22.4. The number of carbonyl (C=O) groups is 1. The maximum Gasteiger partial charge on any atom is 0.434 e. The molecule has 3 saturated heterocycles. The zero-order valence-electron chi connectivity index (χ0n) is 25.8. The van der Waals surface area contributed by atoms with Crippen molar-refractivity contribution >= 4 is 17.6 Å². The van der Waals surface area contributed by atoms with Crippen LogP contribution in [-0.2, 0) is 18.0 Å². The molecule has 0 aliphatic carbocycles. The van der Waals surface area contributed by atoms with E-state index in [1.54, 1.807) is 11.0 Å². The van der Waals surface area contributed by atoms with Crippen LogP contribution in [-0.4, -0.2) is 94.2 Å². The Labute approximate surface area is 251 Å². The summed E-state index contributed by atoms with van der Waals surface area (Å²) >= 11 is 0. The lowest BCUT2D eigenvalue weighted by molar-refractivity contribution is -0.141. The summed E-state index contributed by atoms with van der Waals surface area (Å²) in [7, 11) is 1.92. The van der Waals surface area contributed by atoms with Crippen LogP contribution in [0, 0.1) is 18.3 Å². The number of halogens is 3. The van der Waals surface area contributed by atoms with E-state index in [1.807, 2.05) is 68.4 Å². The van der Waals surface area contributed by atoms with Crippen molar-refractivity contribution in [2.24, 2.45) is 7.05 Å². The summed E-state index contributed by atoms with van der Waals surface area (Å²) in [4.78, 5) is 24.2. The van der Waals surface area contributed by atoms with Crippen molar-refractivity contribution in [1.29, 1.82) is 5.26 Å². The van der Waals surface area contributed by atoms with Crippen LogP contribution in [0.4, 0.5) is 29.5 Å². The van der Waals surface area contributed by atoms with E-state index in [2.05, 4.69) is 15.0 Å². The molecule has 0 spiro atoms. The van der Waals surface area contributed by atoms with Crippen molar-refractivity contribution in [3.8, 4) is 6.07 Å². The largest absolute Gasteiger partial charge is 0.444 e. The number of ether oxygens (including phenoxy) is 1. The zero-order chi connectivity index (χ0) is 31.3. The first-order chi connectivity index (χ1) is 20.2. The Hall–Kier alpha value is -3.53. The van der Waals surface area contributed by atoms with Gasteiger partial charge >= 0.3 is 12.3 Å². The van der Waals surface area contributed by atoms with Gasteiger partial charge in [0.2, 0.25) is 0 Å². The van der Waals surface area contributed by atoms with Crippen molar-refractivity contribution in [3.63, 3.8) is 0 Å². The summed E-state index contributed by atoms with van der Waals surface area (Å²) in [5, 5.41) is 14.2. The number of aromatic nitrogens is 3. The lowest BCUT2D eigenvalue weighted by Crippen LogP contribution is -2.68. The molecule has 1 amide bonds. The third-order valence-electron chi connectivity index (χ3n) is 8.92. The van der Waals surface area contributed by atoms with E-state index in [0.29, 0.717) is 45.8 Å². The molecule has 5 heterocycles. The number of nitriles is 1. The maximum absolute atomic E-state index is 14.2. The van der Waals surface area contributed by atoms with Crippen LogP contribution in [0.15, 0.2) is 12.3 Å². The smallest absolute Gasteiger partial charge is 0.434 e. The molecule has 2 aromatic rings. The van der Waals surface area contributed by atoms with Gasteiger partial charge in [-0.3, -0.25) is 9.58 Å². The highest BCUT2D eigenvalue weighted by atomic mass is 19.4. The number of pyridine rings is 1. The van der Waals surface area contributed by atoms with Crippen LogP contribution in [0.2, 0.25) is 0 Å². The van der Waals surface area contributed by atoms with Gasteiger partial charge in [0.05, 0.1) is 11.9 Å². The summed E-state index contributed by atoms with van der Waals surface area (Å²) in [6, 6.07) is 3.46. The molecule has 3 aliphatic heterocycles. The molecule has 43 heavy (non-hydrogen) atoms. The minimum atomic E-state index is -4.76. The Kier molecular flexibility index (Phi) is 8.28. The van der Waals surface area contributed by atoms with Gasteiger partial charge in [0.1, 0.15) is 23.1 Å². The van der Waals surface area contributed by atoms with Gasteiger partial charge in [-0.15, -0.1) is 0 Å². The average Bonchev–Trinajstić information content (AvgIpc) is 3.28. The number of nitrogens with zero attached hydrogens (tertiary/aromatic N) is 8. The van der Waals surface area contributed by atoms with Crippen LogP contribution in [0.1, 0.15) is 69.0 Å². The van der Waals surface area contributed by atoms with Crippen LogP contribution in [0.5, 0.6) is 0 Å². The fourth-order valence-electron chi connectivity index (χ4n) is 6.64. The first-order valence-electron chi connectivity index (χ1n) is 14.9. The van der Waals surface area contributed by atoms with Crippen molar-refractivity contribution in [1.82, 2.24) is 24.6 Å². The Morgan fingerprint density at radius 2 is 1.74 bits per heavy atom.